The van der Waals surface area contributed by atoms with E-state index in [2.05, 4.69) is 32.8 Å². The van der Waals surface area contributed by atoms with Crippen LogP contribution in [0.5, 0.6) is 5.75 Å². The first-order valence-corrected chi connectivity index (χ1v) is 11.8. The molecule has 1 amide bonds. The van der Waals surface area contributed by atoms with Gasteiger partial charge in [-0.15, -0.1) is 0 Å². The van der Waals surface area contributed by atoms with Crippen LogP contribution in [0.4, 0.5) is 5.69 Å². The molecule has 0 saturated carbocycles. The molecule has 1 fully saturated rings. The lowest BCUT2D eigenvalue weighted by Crippen LogP contribution is -2.28. The number of aromatic nitrogens is 2. The number of aryl methyl sites for hydroxylation is 2. The van der Waals surface area contributed by atoms with Crippen molar-refractivity contribution in [1.29, 1.82) is 0 Å². The van der Waals surface area contributed by atoms with E-state index in [9.17, 15) is 4.79 Å². The Morgan fingerprint density at radius 3 is 2.41 bits per heavy atom. The average Bonchev–Trinajstić information content (AvgIpc) is 3.51. The van der Waals surface area contributed by atoms with Gasteiger partial charge in [-0.1, -0.05) is 6.07 Å². The fourth-order valence-electron chi connectivity index (χ4n) is 4.11. The third kappa shape index (κ3) is 6.17. The molecule has 1 aliphatic rings. The van der Waals surface area contributed by atoms with E-state index in [-0.39, 0.29) is 11.9 Å². The standard InChI is InChI=1S/C25H30N4O2.C2H7N/c1-17-7-8-22(29-9-5-6-10-29)14-24(17)25(30)27-18(2)19-11-20(13-23(12-19)31-4)21-15-26-28(3)16-21;1-3-2/h7-8,11-16,18H,5-6,9-10H2,1-4H3,(H,27,30);3H,1-2H3. The molecule has 0 aliphatic carbocycles. The van der Waals surface area contributed by atoms with Crippen molar-refractivity contribution < 1.29 is 9.53 Å². The molecule has 182 valence electrons. The predicted molar refractivity (Wildman–Crippen MR) is 139 cm³/mol. The molecule has 2 heterocycles. The van der Waals surface area contributed by atoms with Crippen LogP contribution in [0.2, 0.25) is 0 Å². The minimum atomic E-state index is -0.173. The average molecular weight is 464 g/mol. The van der Waals surface area contributed by atoms with Gasteiger partial charge in [0.15, 0.2) is 0 Å². The maximum absolute atomic E-state index is 13.2. The van der Waals surface area contributed by atoms with Gasteiger partial charge in [-0.3, -0.25) is 9.48 Å². The second-order valence-electron chi connectivity index (χ2n) is 8.79. The van der Waals surface area contributed by atoms with Crippen molar-refractivity contribution in [3.05, 3.63) is 65.5 Å². The highest BCUT2D eigenvalue weighted by Crippen LogP contribution is 2.29. The van der Waals surface area contributed by atoms with Crippen LogP contribution in [-0.2, 0) is 7.05 Å². The Labute approximate surface area is 203 Å². The van der Waals surface area contributed by atoms with E-state index in [4.69, 9.17) is 4.74 Å². The number of methoxy groups -OCH3 is 1. The Hall–Kier alpha value is -3.32. The largest absolute Gasteiger partial charge is 0.497 e. The van der Waals surface area contributed by atoms with Crippen LogP contribution in [0.3, 0.4) is 0 Å². The Morgan fingerprint density at radius 1 is 1.09 bits per heavy atom. The SMILES string of the molecule is CNC.COc1cc(-c2cnn(C)c2)cc(C(C)NC(=O)c2cc(N3CCCC3)ccc2C)c1. The quantitative estimate of drug-likeness (QED) is 0.569. The van der Waals surface area contributed by atoms with Crippen molar-refractivity contribution in [2.75, 3.05) is 39.2 Å². The normalized spacial score (nSPS) is 13.8. The van der Waals surface area contributed by atoms with Gasteiger partial charge in [-0.05, 0) is 87.8 Å². The monoisotopic (exact) mass is 463 g/mol. The van der Waals surface area contributed by atoms with Crippen LogP contribution in [0.1, 0.15) is 47.3 Å². The summed E-state index contributed by atoms with van der Waals surface area (Å²) >= 11 is 0. The highest BCUT2D eigenvalue weighted by atomic mass is 16.5. The van der Waals surface area contributed by atoms with E-state index in [1.165, 1.54) is 12.8 Å². The first-order valence-electron chi connectivity index (χ1n) is 11.8. The van der Waals surface area contributed by atoms with Crippen molar-refractivity contribution >= 4 is 11.6 Å². The summed E-state index contributed by atoms with van der Waals surface area (Å²) in [5.41, 5.74) is 5.84. The number of hydrogen-bond donors (Lipinski definition) is 2. The molecule has 34 heavy (non-hydrogen) atoms. The van der Waals surface area contributed by atoms with Crippen LogP contribution < -0.4 is 20.3 Å². The van der Waals surface area contributed by atoms with Crippen LogP contribution in [0.15, 0.2) is 48.8 Å². The molecular weight excluding hydrogens is 426 g/mol. The summed E-state index contributed by atoms with van der Waals surface area (Å²) in [7, 11) is 7.30. The molecule has 1 unspecified atom stereocenters. The second kappa shape index (κ2) is 11.7. The molecule has 3 aromatic rings. The van der Waals surface area contributed by atoms with Crippen molar-refractivity contribution in [1.82, 2.24) is 20.4 Å². The number of ether oxygens (including phenoxy) is 1. The van der Waals surface area contributed by atoms with Gasteiger partial charge in [-0.25, -0.2) is 0 Å². The number of carbonyl (C=O) groups is 1. The van der Waals surface area contributed by atoms with Crippen LogP contribution in [-0.4, -0.2) is 50.0 Å². The maximum atomic E-state index is 13.2. The van der Waals surface area contributed by atoms with Crippen molar-refractivity contribution in [3.8, 4) is 16.9 Å². The van der Waals surface area contributed by atoms with Gasteiger partial charge in [0.2, 0.25) is 0 Å². The molecule has 1 aliphatic heterocycles. The summed E-state index contributed by atoms with van der Waals surface area (Å²) in [6, 6.07) is 12.0. The number of hydrogen-bond acceptors (Lipinski definition) is 5. The number of carbonyl (C=O) groups excluding carboxylic acids is 1. The molecule has 1 saturated heterocycles. The van der Waals surface area contributed by atoms with Crippen LogP contribution in [0, 0.1) is 6.92 Å². The molecule has 0 spiro atoms. The zero-order valence-electron chi connectivity index (χ0n) is 21.2. The van der Waals surface area contributed by atoms with Gasteiger partial charge in [0.1, 0.15) is 5.75 Å². The van der Waals surface area contributed by atoms with E-state index in [0.29, 0.717) is 0 Å². The highest BCUT2D eigenvalue weighted by Gasteiger charge is 2.18. The van der Waals surface area contributed by atoms with Gasteiger partial charge in [-0.2, -0.15) is 5.10 Å². The van der Waals surface area contributed by atoms with Crippen molar-refractivity contribution in [3.63, 3.8) is 0 Å². The summed E-state index contributed by atoms with van der Waals surface area (Å²) < 4.78 is 7.28. The summed E-state index contributed by atoms with van der Waals surface area (Å²) in [5.74, 6) is 0.696. The van der Waals surface area contributed by atoms with Crippen molar-refractivity contribution in [2.24, 2.45) is 7.05 Å². The lowest BCUT2D eigenvalue weighted by Gasteiger charge is -2.21. The molecule has 2 N–H and O–H groups in total. The van der Waals surface area contributed by atoms with Crippen molar-refractivity contribution in [2.45, 2.75) is 32.7 Å². The van der Waals surface area contributed by atoms with E-state index in [1.54, 1.807) is 11.8 Å². The summed E-state index contributed by atoms with van der Waals surface area (Å²) in [6.45, 7) is 6.10. The van der Waals surface area contributed by atoms with Gasteiger partial charge in [0, 0.05) is 43.1 Å². The Bertz CT molecular complexity index is 1100. The number of anilines is 1. The third-order valence-electron chi connectivity index (χ3n) is 5.99. The Kier molecular flexibility index (Phi) is 8.71. The molecule has 2 aromatic carbocycles. The molecule has 1 aromatic heterocycles. The minimum absolute atomic E-state index is 0.0585. The number of rotatable bonds is 6. The predicted octanol–water partition coefficient (Wildman–Crippen LogP) is 4.33. The molecule has 7 nitrogen and oxygen atoms in total. The zero-order valence-corrected chi connectivity index (χ0v) is 21.2. The molecule has 7 heteroatoms. The fraction of sp³-hybridized carbons (Fsp3) is 0.407. The van der Waals surface area contributed by atoms with E-state index < -0.39 is 0 Å². The fourth-order valence-corrected chi connectivity index (χ4v) is 4.11. The third-order valence-corrected chi connectivity index (χ3v) is 5.99. The van der Waals surface area contributed by atoms with Crippen LogP contribution in [0.25, 0.3) is 11.1 Å². The molecular formula is C27H37N5O2. The summed E-state index contributed by atoms with van der Waals surface area (Å²) in [4.78, 5) is 15.5. The second-order valence-corrected chi connectivity index (χ2v) is 8.79. The molecule has 0 radical (unpaired) electrons. The lowest BCUT2D eigenvalue weighted by molar-refractivity contribution is 0.0939. The van der Waals surface area contributed by atoms with Gasteiger partial charge >= 0.3 is 0 Å². The van der Waals surface area contributed by atoms with E-state index in [0.717, 1.165) is 52.3 Å². The number of nitrogens with zero attached hydrogens (tertiary/aromatic N) is 3. The minimum Gasteiger partial charge on any atom is -0.497 e. The summed E-state index contributed by atoms with van der Waals surface area (Å²) in [5, 5.41) is 10.2. The van der Waals surface area contributed by atoms with Crippen LogP contribution >= 0.6 is 0 Å². The Morgan fingerprint density at radius 2 is 1.79 bits per heavy atom. The maximum Gasteiger partial charge on any atom is 0.252 e. The lowest BCUT2D eigenvalue weighted by atomic mass is 10.0. The van der Waals surface area contributed by atoms with Gasteiger partial charge in [0.25, 0.3) is 5.91 Å². The number of benzene rings is 2. The highest BCUT2D eigenvalue weighted by molar-refractivity contribution is 5.97. The first kappa shape index (κ1) is 25.3. The zero-order chi connectivity index (χ0) is 24.7. The first-order chi connectivity index (χ1) is 16.4. The molecule has 0 bridgehead atoms. The molecule has 4 rings (SSSR count). The van der Waals surface area contributed by atoms with E-state index >= 15 is 0 Å². The molecule has 1 atom stereocenters. The number of amides is 1. The van der Waals surface area contributed by atoms with Gasteiger partial charge < -0.3 is 20.3 Å². The van der Waals surface area contributed by atoms with E-state index in [1.807, 2.05) is 71.6 Å². The van der Waals surface area contributed by atoms with Gasteiger partial charge in [0.05, 0.1) is 19.3 Å². The summed E-state index contributed by atoms with van der Waals surface area (Å²) in [6.07, 6.45) is 6.22. The smallest absolute Gasteiger partial charge is 0.252 e. The topological polar surface area (TPSA) is 71.4 Å². The number of nitrogens with one attached hydrogen (secondary N) is 2. The Balaban J connectivity index is 0.00000103.